The average Bonchev–Trinajstić information content (AvgIpc) is 3.67. The zero-order valence-electron chi connectivity index (χ0n) is 25.6. The standard InChI is InChI=1S/C38H32N4O.Pt/c1-37(2,3)23-10-13-27-26-14-11-24(21-29(26)35-39-17-19-42(35)33(27)20-23)43-25-12-15-28-30(22-25)36-40-16-18-41(36)32-9-7-8-31(34(28)32)38(4,5)6;/h7-20H,1-6H3;/q-2;+2. The molecular weight excluding hydrogens is 724 g/mol. The van der Waals surface area contributed by atoms with Crippen molar-refractivity contribution in [2.45, 2.75) is 52.4 Å². The van der Waals surface area contributed by atoms with Gasteiger partial charge in [0.25, 0.3) is 0 Å². The van der Waals surface area contributed by atoms with Gasteiger partial charge in [0, 0.05) is 47.3 Å². The minimum Gasteiger partial charge on any atom is -0.497 e. The van der Waals surface area contributed by atoms with E-state index in [2.05, 4.69) is 111 Å². The first-order chi connectivity index (χ1) is 20.6. The summed E-state index contributed by atoms with van der Waals surface area (Å²) < 4.78 is 10.8. The second kappa shape index (κ2) is 9.90. The number of hydrogen-bond donors (Lipinski definition) is 0. The third-order valence-electron chi connectivity index (χ3n) is 8.58. The maximum atomic E-state index is 6.45. The first-order valence-electron chi connectivity index (χ1n) is 14.8. The molecule has 5 nitrogen and oxygen atoms in total. The Morgan fingerprint density at radius 1 is 0.636 bits per heavy atom. The topological polar surface area (TPSA) is 43.8 Å². The first-order valence-corrected chi connectivity index (χ1v) is 14.8. The number of rotatable bonds is 2. The van der Waals surface area contributed by atoms with Gasteiger partial charge in [-0.25, -0.2) is 0 Å². The van der Waals surface area contributed by atoms with Crippen LogP contribution in [0.2, 0.25) is 0 Å². The summed E-state index contributed by atoms with van der Waals surface area (Å²) in [6, 6.07) is 28.6. The molecule has 220 valence electrons. The van der Waals surface area contributed by atoms with Gasteiger partial charge in [-0.15, -0.1) is 12.1 Å². The minimum atomic E-state index is -0.0212. The maximum Gasteiger partial charge on any atom is 2.00 e. The van der Waals surface area contributed by atoms with Gasteiger partial charge in [0.2, 0.25) is 0 Å². The van der Waals surface area contributed by atoms with Crippen molar-refractivity contribution in [1.82, 2.24) is 18.8 Å². The normalized spacial score (nSPS) is 12.6. The summed E-state index contributed by atoms with van der Waals surface area (Å²) in [6.07, 6.45) is 7.74. The summed E-state index contributed by atoms with van der Waals surface area (Å²) in [4.78, 5) is 9.43. The van der Waals surface area contributed by atoms with Crippen LogP contribution in [0.3, 0.4) is 0 Å². The predicted octanol–water partition coefficient (Wildman–Crippen LogP) is 9.58. The van der Waals surface area contributed by atoms with Crippen LogP contribution in [0.4, 0.5) is 0 Å². The molecule has 0 radical (unpaired) electrons. The molecule has 0 fully saturated rings. The van der Waals surface area contributed by atoms with Gasteiger partial charge in [-0.2, -0.15) is 0 Å². The van der Waals surface area contributed by atoms with Crippen molar-refractivity contribution in [3.8, 4) is 11.5 Å². The molecule has 0 saturated carbocycles. The molecule has 0 saturated heterocycles. The van der Waals surface area contributed by atoms with Crippen LogP contribution in [0, 0.1) is 12.1 Å². The van der Waals surface area contributed by atoms with Gasteiger partial charge in [-0.05, 0) is 44.9 Å². The van der Waals surface area contributed by atoms with Crippen molar-refractivity contribution in [3.63, 3.8) is 0 Å². The number of ether oxygens (including phenoxy) is 1. The van der Waals surface area contributed by atoms with E-state index in [0.717, 1.165) is 49.3 Å². The molecule has 44 heavy (non-hydrogen) atoms. The molecule has 6 heteroatoms. The van der Waals surface area contributed by atoms with Crippen molar-refractivity contribution in [1.29, 1.82) is 0 Å². The van der Waals surface area contributed by atoms with Gasteiger partial charge in [-0.1, -0.05) is 112 Å². The van der Waals surface area contributed by atoms with Gasteiger partial charge in [0.05, 0.1) is 11.3 Å². The Morgan fingerprint density at radius 3 is 1.86 bits per heavy atom. The van der Waals surface area contributed by atoms with E-state index in [9.17, 15) is 0 Å². The number of fused-ring (bicyclic) bond motifs is 12. The number of nitrogens with zero attached hydrogens (tertiary/aromatic N) is 4. The molecule has 8 aromatic rings. The van der Waals surface area contributed by atoms with Crippen LogP contribution in [0.1, 0.15) is 52.7 Å². The second-order valence-corrected chi connectivity index (χ2v) is 13.5. The van der Waals surface area contributed by atoms with E-state index in [1.807, 2.05) is 36.9 Å². The van der Waals surface area contributed by atoms with E-state index in [0.29, 0.717) is 11.5 Å². The van der Waals surface area contributed by atoms with Crippen molar-refractivity contribution < 1.29 is 25.8 Å². The van der Waals surface area contributed by atoms with E-state index in [1.54, 1.807) is 0 Å². The van der Waals surface area contributed by atoms with Gasteiger partial charge in [0.1, 0.15) is 0 Å². The number of benzene rings is 4. The van der Waals surface area contributed by atoms with E-state index in [4.69, 9.17) is 14.7 Å². The molecule has 4 aromatic heterocycles. The van der Waals surface area contributed by atoms with Gasteiger partial charge in [-0.3, -0.25) is 9.97 Å². The first kappa shape index (κ1) is 28.6. The number of imidazole rings is 2. The van der Waals surface area contributed by atoms with E-state index in [1.165, 1.54) is 16.5 Å². The van der Waals surface area contributed by atoms with E-state index >= 15 is 0 Å². The van der Waals surface area contributed by atoms with Gasteiger partial charge in [0.15, 0.2) is 0 Å². The van der Waals surface area contributed by atoms with Crippen LogP contribution in [0.5, 0.6) is 11.5 Å². The molecular formula is C38H32N4OPt. The Kier molecular flexibility index (Phi) is 6.43. The Bertz CT molecular complexity index is 2400. The molecule has 0 N–H and O–H groups in total. The summed E-state index contributed by atoms with van der Waals surface area (Å²) in [7, 11) is 0. The zero-order chi connectivity index (χ0) is 29.7. The Morgan fingerprint density at radius 2 is 1.23 bits per heavy atom. The molecule has 0 aliphatic carbocycles. The molecule has 8 rings (SSSR count). The Hall–Kier alpha value is -4.21. The van der Waals surface area contributed by atoms with Gasteiger partial charge >= 0.3 is 21.1 Å². The zero-order valence-corrected chi connectivity index (χ0v) is 27.9. The minimum absolute atomic E-state index is 0. The van der Waals surface area contributed by atoms with Crippen LogP contribution < -0.4 is 4.74 Å². The number of pyridine rings is 2. The number of aromatic nitrogens is 4. The van der Waals surface area contributed by atoms with Crippen molar-refractivity contribution in [2.24, 2.45) is 0 Å². The summed E-state index contributed by atoms with van der Waals surface area (Å²) in [5.41, 5.74) is 6.63. The SMILES string of the molecule is CC(C)(C)c1ccc2c3ccc(Oc4[c-]c5c(cc4)c4c(C(C)(C)C)cccc4n4ccnc54)[c-]c3c3nccn3c2c1.[Pt+2]. The third kappa shape index (κ3) is 4.32. The molecule has 0 bridgehead atoms. The van der Waals surface area contributed by atoms with Crippen LogP contribution in [0.15, 0.2) is 85.5 Å². The Labute approximate surface area is 270 Å². The van der Waals surface area contributed by atoms with Crippen molar-refractivity contribution >= 4 is 54.6 Å². The quantitative estimate of drug-likeness (QED) is 0.131. The summed E-state index contributed by atoms with van der Waals surface area (Å²) in [6.45, 7) is 13.5. The fourth-order valence-corrected chi connectivity index (χ4v) is 6.41. The summed E-state index contributed by atoms with van der Waals surface area (Å²) in [5, 5.41) is 6.47. The molecule has 0 atom stereocenters. The molecule has 0 spiro atoms. The Balaban J connectivity index is 0.00000312. The van der Waals surface area contributed by atoms with Crippen LogP contribution in [-0.2, 0) is 31.9 Å². The van der Waals surface area contributed by atoms with Crippen molar-refractivity contribution in [2.75, 3.05) is 0 Å². The van der Waals surface area contributed by atoms with Gasteiger partial charge < -0.3 is 13.5 Å². The van der Waals surface area contributed by atoms with E-state index in [-0.39, 0.29) is 31.9 Å². The van der Waals surface area contributed by atoms with Crippen LogP contribution in [0.25, 0.3) is 54.6 Å². The fraction of sp³-hybridized carbons (Fsp3) is 0.211. The van der Waals surface area contributed by atoms with Crippen LogP contribution in [-0.4, -0.2) is 18.8 Å². The fourth-order valence-electron chi connectivity index (χ4n) is 6.41. The van der Waals surface area contributed by atoms with E-state index < -0.39 is 0 Å². The molecule has 0 unspecified atom stereocenters. The molecule has 0 aliphatic rings. The molecule has 0 amide bonds. The predicted molar refractivity (Wildman–Crippen MR) is 176 cm³/mol. The summed E-state index contributed by atoms with van der Waals surface area (Å²) in [5.74, 6) is 1.24. The largest absolute Gasteiger partial charge is 2.00 e. The van der Waals surface area contributed by atoms with Crippen molar-refractivity contribution in [3.05, 3.63) is 109 Å². The second-order valence-electron chi connectivity index (χ2n) is 13.5. The average molecular weight is 756 g/mol. The molecule has 4 aromatic carbocycles. The maximum absolute atomic E-state index is 6.45. The third-order valence-corrected chi connectivity index (χ3v) is 8.58. The monoisotopic (exact) mass is 755 g/mol. The smallest absolute Gasteiger partial charge is 0.497 e. The van der Waals surface area contributed by atoms with Crippen LogP contribution >= 0.6 is 0 Å². The number of hydrogen-bond acceptors (Lipinski definition) is 3. The summed E-state index contributed by atoms with van der Waals surface area (Å²) >= 11 is 0. The molecule has 4 heterocycles. The molecule has 0 aliphatic heterocycles.